The van der Waals surface area contributed by atoms with Crippen molar-refractivity contribution in [2.24, 2.45) is 0 Å². The number of halogens is 3. The second-order valence-electron chi connectivity index (χ2n) is 4.39. The highest BCUT2D eigenvalue weighted by Gasteiger charge is 2.27. The van der Waals surface area contributed by atoms with Crippen molar-refractivity contribution in [2.75, 3.05) is 32.9 Å². The van der Waals surface area contributed by atoms with Crippen LogP contribution in [0.1, 0.15) is 25.7 Å². The Kier molecular flexibility index (Phi) is 6.22. The highest BCUT2D eigenvalue weighted by molar-refractivity contribution is 4.75. The molecule has 0 radical (unpaired) electrons. The number of hydrogen-bond acceptors (Lipinski definition) is 3. The Bertz CT molecular complexity index is 211. The third-order valence-electron chi connectivity index (χ3n) is 2.96. The summed E-state index contributed by atoms with van der Waals surface area (Å²) in [5.74, 6) is 0. The minimum atomic E-state index is -4.24. The van der Waals surface area contributed by atoms with E-state index in [2.05, 4.69) is 9.64 Å². The highest BCUT2D eigenvalue weighted by atomic mass is 19.4. The van der Waals surface area contributed by atoms with Gasteiger partial charge in [-0.1, -0.05) is 6.42 Å². The quantitative estimate of drug-likeness (QED) is 0.735. The van der Waals surface area contributed by atoms with Gasteiger partial charge in [0.05, 0.1) is 6.61 Å². The van der Waals surface area contributed by atoms with E-state index in [0.29, 0.717) is 13.0 Å². The third-order valence-corrected chi connectivity index (χ3v) is 2.96. The summed E-state index contributed by atoms with van der Waals surface area (Å²) in [6.45, 7) is 0.696. The van der Waals surface area contributed by atoms with E-state index in [0.717, 1.165) is 25.8 Å². The zero-order valence-electron chi connectivity index (χ0n) is 9.88. The van der Waals surface area contributed by atoms with Crippen LogP contribution in [0.5, 0.6) is 0 Å². The molecule has 17 heavy (non-hydrogen) atoms. The van der Waals surface area contributed by atoms with Crippen molar-refractivity contribution in [3.05, 3.63) is 0 Å². The minimum Gasteiger partial charge on any atom is -0.395 e. The van der Waals surface area contributed by atoms with Crippen LogP contribution in [-0.4, -0.2) is 55.1 Å². The summed E-state index contributed by atoms with van der Waals surface area (Å²) in [5.41, 5.74) is 0. The summed E-state index contributed by atoms with van der Waals surface area (Å²) < 4.78 is 39.9. The Morgan fingerprint density at radius 1 is 1.29 bits per heavy atom. The molecule has 1 unspecified atom stereocenters. The Balaban J connectivity index is 2.08. The van der Waals surface area contributed by atoms with Crippen LogP contribution in [0.2, 0.25) is 0 Å². The standard InChI is InChI=1S/C11H20F3NO2/c12-11(13,14)9-17-7-3-6-15-5-2-1-4-10(15)8-16/h10,16H,1-9H2. The molecular weight excluding hydrogens is 235 g/mol. The van der Waals surface area contributed by atoms with E-state index in [1.54, 1.807) is 0 Å². The number of hydrogen-bond donors (Lipinski definition) is 1. The van der Waals surface area contributed by atoms with Crippen molar-refractivity contribution in [1.29, 1.82) is 0 Å². The lowest BCUT2D eigenvalue weighted by Gasteiger charge is -2.34. The molecule has 1 fully saturated rings. The largest absolute Gasteiger partial charge is 0.411 e. The molecular formula is C11H20F3NO2. The van der Waals surface area contributed by atoms with Gasteiger partial charge in [-0.05, 0) is 25.8 Å². The molecule has 0 bridgehead atoms. The summed E-state index contributed by atoms with van der Waals surface area (Å²) in [4.78, 5) is 2.14. The number of ether oxygens (including phenoxy) is 1. The van der Waals surface area contributed by atoms with Crippen LogP contribution in [0.25, 0.3) is 0 Å². The molecule has 0 saturated carbocycles. The van der Waals surface area contributed by atoms with Gasteiger partial charge in [0.2, 0.25) is 0 Å². The topological polar surface area (TPSA) is 32.7 Å². The molecule has 1 heterocycles. The number of piperidine rings is 1. The Morgan fingerprint density at radius 2 is 2.06 bits per heavy atom. The van der Waals surface area contributed by atoms with Gasteiger partial charge in [-0.3, -0.25) is 4.90 Å². The molecule has 0 amide bonds. The molecule has 1 rings (SSSR count). The maximum absolute atomic E-state index is 11.8. The van der Waals surface area contributed by atoms with Crippen molar-refractivity contribution in [2.45, 2.75) is 37.9 Å². The van der Waals surface area contributed by atoms with Crippen LogP contribution in [0.3, 0.4) is 0 Å². The molecule has 1 saturated heterocycles. The SMILES string of the molecule is OCC1CCCCN1CCCOCC(F)(F)F. The first-order chi connectivity index (χ1) is 8.03. The molecule has 102 valence electrons. The van der Waals surface area contributed by atoms with Crippen LogP contribution >= 0.6 is 0 Å². The van der Waals surface area contributed by atoms with Crippen molar-refractivity contribution >= 4 is 0 Å². The van der Waals surface area contributed by atoms with Gasteiger partial charge in [-0.25, -0.2) is 0 Å². The fraction of sp³-hybridized carbons (Fsp3) is 1.00. The molecule has 0 aliphatic carbocycles. The molecule has 0 spiro atoms. The van der Waals surface area contributed by atoms with Crippen molar-refractivity contribution in [1.82, 2.24) is 4.90 Å². The number of rotatable bonds is 6. The predicted octanol–water partition coefficient (Wildman–Crippen LogP) is 1.80. The molecule has 0 aromatic heterocycles. The highest BCUT2D eigenvalue weighted by Crippen LogP contribution is 2.17. The summed E-state index contributed by atoms with van der Waals surface area (Å²) in [6, 6.07) is 0.173. The van der Waals surface area contributed by atoms with Gasteiger partial charge in [-0.15, -0.1) is 0 Å². The van der Waals surface area contributed by atoms with E-state index in [-0.39, 0.29) is 19.3 Å². The van der Waals surface area contributed by atoms with Crippen LogP contribution in [0, 0.1) is 0 Å². The van der Waals surface area contributed by atoms with Gasteiger partial charge in [0.15, 0.2) is 0 Å². The second-order valence-corrected chi connectivity index (χ2v) is 4.39. The number of nitrogens with zero attached hydrogens (tertiary/aromatic N) is 1. The smallest absolute Gasteiger partial charge is 0.395 e. The van der Waals surface area contributed by atoms with Crippen LogP contribution in [0.15, 0.2) is 0 Å². The number of likely N-dealkylation sites (tertiary alicyclic amines) is 1. The second kappa shape index (κ2) is 7.18. The van der Waals surface area contributed by atoms with Crippen LogP contribution in [-0.2, 0) is 4.74 Å². The first-order valence-electron chi connectivity index (χ1n) is 6.02. The molecule has 1 aliphatic heterocycles. The van der Waals surface area contributed by atoms with Crippen LogP contribution < -0.4 is 0 Å². The molecule has 1 atom stereocenters. The van der Waals surface area contributed by atoms with Crippen molar-refractivity contribution in [3.63, 3.8) is 0 Å². The normalized spacial score (nSPS) is 22.9. The third kappa shape index (κ3) is 6.24. The first-order valence-corrected chi connectivity index (χ1v) is 6.02. The zero-order chi connectivity index (χ0) is 12.7. The van der Waals surface area contributed by atoms with Gasteiger partial charge < -0.3 is 9.84 Å². The van der Waals surface area contributed by atoms with Gasteiger partial charge >= 0.3 is 6.18 Å². The number of alkyl halides is 3. The minimum absolute atomic E-state index is 0.119. The first kappa shape index (κ1) is 14.7. The zero-order valence-corrected chi connectivity index (χ0v) is 9.88. The molecule has 3 nitrogen and oxygen atoms in total. The maximum atomic E-state index is 11.8. The predicted molar refractivity (Wildman–Crippen MR) is 57.8 cm³/mol. The Morgan fingerprint density at radius 3 is 2.71 bits per heavy atom. The fourth-order valence-corrected chi connectivity index (χ4v) is 2.12. The van der Waals surface area contributed by atoms with E-state index >= 15 is 0 Å². The molecule has 1 aliphatic rings. The lowest BCUT2D eigenvalue weighted by atomic mass is 10.0. The van der Waals surface area contributed by atoms with Gasteiger partial charge in [0, 0.05) is 19.2 Å². The average molecular weight is 255 g/mol. The average Bonchev–Trinajstić information content (AvgIpc) is 2.27. The number of aliphatic hydroxyl groups is 1. The number of aliphatic hydroxyl groups excluding tert-OH is 1. The summed E-state index contributed by atoms with van der Waals surface area (Å²) in [7, 11) is 0. The summed E-state index contributed by atoms with van der Waals surface area (Å²) in [6.07, 6.45) is -0.475. The lowest BCUT2D eigenvalue weighted by Crippen LogP contribution is -2.42. The van der Waals surface area contributed by atoms with Gasteiger partial charge in [-0.2, -0.15) is 13.2 Å². The molecule has 0 aromatic rings. The molecule has 0 aromatic carbocycles. The van der Waals surface area contributed by atoms with E-state index in [4.69, 9.17) is 5.11 Å². The van der Waals surface area contributed by atoms with E-state index in [1.807, 2.05) is 0 Å². The summed E-state index contributed by atoms with van der Waals surface area (Å²) in [5, 5.41) is 9.15. The van der Waals surface area contributed by atoms with E-state index in [1.165, 1.54) is 0 Å². The lowest BCUT2D eigenvalue weighted by molar-refractivity contribution is -0.174. The van der Waals surface area contributed by atoms with Gasteiger partial charge in [0.25, 0.3) is 0 Å². The van der Waals surface area contributed by atoms with E-state index < -0.39 is 12.8 Å². The van der Waals surface area contributed by atoms with Crippen molar-refractivity contribution < 1.29 is 23.0 Å². The summed E-state index contributed by atoms with van der Waals surface area (Å²) >= 11 is 0. The van der Waals surface area contributed by atoms with Crippen LogP contribution in [0.4, 0.5) is 13.2 Å². The Hall–Kier alpha value is -0.330. The molecule has 1 N–H and O–H groups in total. The van der Waals surface area contributed by atoms with Crippen molar-refractivity contribution in [3.8, 4) is 0 Å². The Labute approximate surface area is 99.5 Å². The monoisotopic (exact) mass is 255 g/mol. The fourth-order valence-electron chi connectivity index (χ4n) is 2.12. The molecule has 6 heteroatoms. The van der Waals surface area contributed by atoms with Gasteiger partial charge in [0.1, 0.15) is 6.61 Å². The van der Waals surface area contributed by atoms with E-state index in [9.17, 15) is 13.2 Å². The maximum Gasteiger partial charge on any atom is 0.411 e.